The molecule has 0 aliphatic carbocycles. The minimum absolute atomic E-state index is 0.207. The Morgan fingerprint density at radius 1 is 1.13 bits per heavy atom. The van der Waals surface area contributed by atoms with Crippen molar-refractivity contribution in [3.05, 3.63) is 64.7 Å². The van der Waals surface area contributed by atoms with E-state index in [9.17, 15) is 13.6 Å². The van der Waals surface area contributed by atoms with Gasteiger partial charge in [-0.2, -0.15) is 0 Å². The number of carbonyl (C=O) groups excluding carboxylic acids is 1. The first-order chi connectivity index (χ1) is 10.9. The third-order valence-corrected chi connectivity index (χ3v) is 3.54. The number of benzene rings is 2. The standard InChI is InChI=1S/C17H16ClF2NO2/c1-10(15-8-5-13(19)9-16(15)20)21-17(22)11(2)23-14-6-3-12(18)4-7-14/h3-11H,1-2H3,(H,21,22). The topological polar surface area (TPSA) is 38.3 Å². The second kappa shape index (κ2) is 7.42. The lowest BCUT2D eigenvalue weighted by atomic mass is 10.1. The summed E-state index contributed by atoms with van der Waals surface area (Å²) in [6.07, 6.45) is -0.776. The van der Waals surface area contributed by atoms with Crippen LogP contribution in [-0.2, 0) is 4.79 Å². The molecule has 1 amide bonds. The maximum atomic E-state index is 13.7. The van der Waals surface area contributed by atoms with Gasteiger partial charge in [0.15, 0.2) is 6.10 Å². The average molecular weight is 340 g/mol. The van der Waals surface area contributed by atoms with E-state index < -0.39 is 29.7 Å². The molecule has 1 N–H and O–H groups in total. The molecule has 0 aliphatic rings. The van der Waals surface area contributed by atoms with Crippen molar-refractivity contribution in [2.24, 2.45) is 0 Å². The quantitative estimate of drug-likeness (QED) is 0.883. The van der Waals surface area contributed by atoms with E-state index in [2.05, 4.69) is 5.32 Å². The minimum atomic E-state index is -0.776. The summed E-state index contributed by atoms with van der Waals surface area (Å²) >= 11 is 5.78. The summed E-state index contributed by atoms with van der Waals surface area (Å²) in [7, 11) is 0. The number of amides is 1. The van der Waals surface area contributed by atoms with Gasteiger partial charge in [0, 0.05) is 16.7 Å². The summed E-state index contributed by atoms with van der Waals surface area (Å²) in [5.41, 5.74) is 0.207. The zero-order chi connectivity index (χ0) is 17.0. The van der Waals surface area contributed by atoms with E-state index in [1.54, 1.807) is 38.1 Å². The SMILES string of the molecule is CC(Oc1ccc(Cl)cc1)C(=O)NC(C)c1ccc(F)cc1F. The lowest BCUT2D eigenvalue weighted by Crippen LogP contribution is -2.38. The Hall–Kier alpha value is -2.14. The van der Waals surface area contributed by atoms with Crippen LogP contribution >= 0.6 is 11.6 Å². The monoisotopic (exact) mass is 339 g/mol. The highest BCUT2D eigenvalue weighted by atomic mass is 35.5. The lowest BCUT2D eigenvalue weighted by Gasteiger charge is -2.19. The van der Waals surface area contributed by atoms with Crippen molar-refractivity contribution in [3.8, 4) is 5.75 Å². The van der Waals surface area contributed by atoms with Crippen LogP contribution in [0.15, 0.2) is 42.5 Å². The molecule has 0 radical (unpaired) electrons. The van der Waals surface area contributed by atoms with Gasteiger partial charge in [-0.25, -0.2) is 8.78 Å². The van der Waals surface area contributed by atoms with Gasteiger partial charge in [-0.05, 0) is 44.2 Å². The largest absolute Gasteiger partial charge is 0.481 e. The molecule has 3 nitrogen and oxygen atoms in total. The Morgan fingerprint density at radius 2 is 1.78 bits per heavy atom. The zero-order valence-corrected chi connectivity index (χ0v) is 13.4. The molecule has 0 aromatic heterocycles. The second-order valence-corrected chi connectivity index (χ2v) is 5.55. The van der Waals surface area contributed by atoms with Gasteiger partial charge in [-0.3, -0.25) is 4.79 Å². The van der Waals surface area contributed by atoms with Crippen molar-refractivity contribution in [2.75, 3.05) is 0 Å². The number of rotatable bonds is 5. The Kier molecular flexibility index (Phi) is 5.55. The molecule has 2 aromatic rings. The van der Waals surface area contributed by atoms with E-state index in [-0.39, 0.29) is 5.56 Å². The molecule has 0 saturated carbocycles. The molecule has 0 saturated heterocycles. The molecular formula is C17H16ClF2NO2. The predicted octanol–water partition coefficient (Wildman–Crippen LogP) is 4.26. The maximum Gasteiger partial charge on any atom is 0.261 e. The van der Waals surface area contributed by atoms with Gasteiger partial charge in [0.05, 0.1) is 6.04 Å². The lowest BCUT2D eigenvalue weighted by molar-refractivity contribution is -0.127. The van der Waals surface area contributed by atoms with Crippen LogP contribution in [0.5, 0.6) is 5.75 Å². The number of halogens is 3. The first-order valence-electron chi connectivity index (χ1n) is 7.04. The molecule has 0 bridgehead atoms. The van der Waals surface area contributed by atoms with Crippen molar-refractivity contribution in [3.63, 3.8) is 0 Å². The maximum absolute atomic E-state index is 13.7. The van der Waals surface area contributed by atoms with Crippen molar-refractivity contribution >= 4 is 17.5 Å². The highest BCUT2D eigenvalue weighted by Gasteiger charge is 2.19. The average Bonchev–Trinajstić information content (AvgIpc) is 2.49. The van der Waals surface area contributed by atoms with E-state index in [1.807, 2.05) is 0 Å². The van der Waals surface area contributed by atoms with Gasteiger partial charge >= 0.3 is 0 Å². The van der Waals surface area contributed by atoms with Crippen LogP contribution in [-0.4, -0.2) is 12.0 Å². The van der Waals surface area contributed by atoms with Crippen molar-refractivity contribution < 1.29 is 18.3 Å². The fourth-order valence-corrected chi connectivity index (χ4v) is 2.16. The van der Waals surface area contributed by atoms with Gasteiger partial charge in [0.2, 0.25) is 0 Å². The summed E-state index contributed by atoms with van der Waals surface area (Å²) in [6, 6.07) is 9.22. The molecule has 2 unspecified atom stereocenters. The second-order valence-electron chi connectivity index (χ2n) is 5.11. The smallest absolute Gasteiger partial charge is 0.261 e. The number of carbonyl (C=O) groups is 1. The number of hydrogen-bond acceptors (Lipinski definition) is 2. The van der Waals surface area contributed by atoms with E-state index in [4.69, 9.17) is 16.3 Å². The van der Waals surface area contributed by atoms with E-state index in [0.717, 1.165) is 12.1 Å². The van der Waals surface area contributed by atoms with Crippen LogP contribution in [0, 0.1) is 11.6 Å². The fourth-order valence-electron chi connectivity index (χ4n) is 2.03. The van der Waals surface area contributed by atoms with E-state index in [1.165, 1.54) is 6.07 Å². The number of ether oxygens (including phenoxy) is 1. The van der Waals surface area contributed by atoms with Crippen molar-refractivity contribution in [2.45, 2.75) is 26.0 Å². The van der Waals surface area contributed by atoms with Crippen LogP contribution in [0.2, 0.25) is 5.02 Å². The zero-order valence-electron chi connectivity index (χ0n) is 12.6. The Labute approximate surface area is 138 Å². The first kappa shape index (κ1) is 17.2. The summed E-state index contributed by atoms with van der Waals surface area (Å²) in [6.45, 7) is 3.20. The number of hydrogen-bond donors (Lipinski definition) is 1. The molecule has 2 rings (SSSR count). The highest BCUT2D eigenvalue weighted by molar-refractivity contribution is 6.30. The van der Waals surface area contributed by atoms with Gasteiger partial charge < -0.3 is 10.1 Å². The molecular weight excluding hydrogens is 324 g/mol. The Morgan fingerprint density at radius 3 is 2.39 bits per heavy atom. The van der Waals surface area contributed by atoms with E-state index in [0.29, 0.717) is 10.8 Å². The predicted molar refractivity (Wildman–Crippen MR) is 84.5 cm³/mol. The fraction of sp³-hybridized carbons (Fsp3) is 0.235. The molecule has 2 atom stereocenters. The van der Waals surface area contributed by atoms with Crippen molar-refractivity contribution in [1.29, 1.82) is 0 Å². The molecule has 2 aromatic carbocycles. The summed E-state index contributed by atoms with van der Waals surface area (Å²) in [4.78, 5) is 12.1. The molecule has 0 spiro atoms. The Bertz CT molecular complexity index is 691. The molecule has 6 heteroatoms. The molecule has 122 valence electrons. The van der Waals surface area contributed by atoms with Gasteiger partial charge in [0.1, 0.15) is 17.4 Å². The van der Waals surface area contributed by atoms with Crippen LogP contribution in [0.4, 0.5) is 8.78 Å². The number of nitrogens with one attached hydrogen (secondary N) is 1. The summed E-state index contributed by atoms with van der Waals surface area (Å²) in [5.74, 6) is -1.28. The molecule has 0 heterocycles. The van der Waals surface area contributed by atoms with Gasteiger partial charge in [0.25, 0.3) is 5.91 Å². The Balaban J connectivity index is 1.98. The van der Waals surface area contributed by atoms with Gasteiger partial charge in [-0.15, -0.1) is 0 Å². The molecule has 23 heavy (non-hydrogen) atoms. The highest BCUT2D eigenvalue weighted by Crippen LogP contribution is 2.19. The van der Waals surface area contributed by atoms with Gasteiger partial charge in [-0.1, -0.05) is 17.7 Å². The first-order valence-corrected chi connectivity index (χ1v) is 7.42. The van der Waals surface area contributed by atoms with Crippen LogP contribution in [0.1, 0.15) is 25.5 Å². The molecule has 0 fully saturated rings. The third-order valence-electron chi connectivity index (χ3n) is 3.28. The van der Waals surface area contributed by atoms with E-state index >= 15 is 0 Å². The summed E-state index contributed by atoms with van der Waals surface area (Å²) in [5, 5.41) is 3.20. The minimum Gasteiger partial charge on any atom is -0.481 e. The normalized spacial score (nSPS) is 13.3. The van der Waals surface area contributed by atoms with Crippen LogP contribution < -0.4 is 10.1 Å². The third kappa shape index (κ3) is 4.66. The van der Waals surface area contributed by atoms with Crippen molar-refractivity contribution in [1.82, 2.24) is 5.32 Å². The molecule has 0 aliphatic heterocycles. The summed E-state index contributed by atoms with van der Waals surface area (Å²) < 4.78 is 32.1. The van der Waals surface area contributed by atoms with Crippen LogP contribution in [0.3, 0.4) is 0 Å². The van der Waals surface area contributed by atoms with Crippen LogP contribution in [0.25, 0.3) is 0 Å².